The zero-order valence-electron chi connectivity index (χ0n) is 12.6. The van der Waals surface area contributed by atoms with Crippen molar-refractivity contribution in [3.63, 3.8) is 0 Å². The van der Waals surface area contributed by atoms with Gasteiger partial charge in [0.25, 0.3) is 0 Å². The van der Waals surface area contributed by atoms with Crippen LogP contribution >= 0.6 is 0 Å². The van der Waals surface area contributed by atoms with Gasteiger partial charge in [-0.25, -0.2) is 9.59 Å². The number of rotatable bonds is 5. The highest BCUT2D eigenvalue weighted by Crippen LogP contribution is 2.29. The summed E-state index contributed by atoms with van der Waals surface area (Å²) in [5.41, 5.74) is -1.06. The van der Waals surface area contributed by atoms with E-state index in [1.807, 2.05) is 0 Å². The zero-order chi connectivity index (χ0) is 14.9. The van der Waals surface area contributed by atoms with E-state index in [1.165, 1.54) is 17.7 Å². The van der Waals surface area contributed by atoms with Crippen molar-refractivity contribution in [2.75, 3.05) is 20.1 Å². The molecule has 2 atom stereocenters. The average molecular weight is 283 g/mol. The van der Waals surface area contributed by atoms with E-state index in [1.54, 1.807) is 6.92 Å². The normalized spacial score (nSPS) is 27.7. The molecule has 6 nitrogen and oxygen atoms in total. The molecule has 2 aliphatic rings. The molecule has 1 aliphatic carbocycles. The fourth-order valence-electron chi connectivity index (χ4n) is 2.83. The lowest BCUT2D eigenvalue weighted by Gasteiger charge is -2.32. The van der Waals surface area contributed by atoms with Crippen molar-refractivity contribution in [3.05, 3.63) is 0 Å². The lowest BCUT2D eigenvalue weighted by Crippen LogP contribution is -2.55. The Morgan fingerprint density at radius 1 is 1.50 bits per heavy atom. The Labute approximate surface area is 120 Å². The number of likely N-dealkylation sites (tertiary alicyclic amines) is 1. The van der Waals surface area contributed by atoms with Gasteiger partial charge in [-0.15, -0.1) is 0 Å². The molecule has 0 aromatic carbocycles. The predicted molar refractivity (Wildman–Crippen MR) is 75.6 cm³/mol. The quantitative estimate of drug-likeness (QED) is 0.793. The predicted octanol–water partition coefficient (Wildman–Crippen LogP) is 1.12. The number of nitrogens with zero attached hydrogens (tertiary/aromatic N) is 2. The molecule has 2 N–H and O–H groups in total. The minimum absolute atomic E-state index is 0.261. The number of urea groups is 1. The number of hydrogen-bond acceptors (Lipinski definition) is 3. The summed E-state index contributed by atoms with van der Waals surface area (Å²) in [6.07, 6.45) is 3.73. The molecule has 2 amide bonds. The van der Waals surface area contributed by atoms with Gasteiger partial charge < -0.3 is 15.3 Å². The van der Waals surface area contributed by atoms with E-state index in [0.717, 1.165) is 6.42 Å². The molecule has 2 rings (SSSR count). The Morgan fingerprint density at radius 2 is 2.15 bits per heavy atom. The molecular formula is C14H25N3O3. The second-order valence-electron chi connectivity index (χ2n) is 6.27. The molecule has 1 aliphatic heterocycles. The van der Waals surface area contributed by atoms with E-state index < -0.39 is 11.5 Å². The maximum absolute atomic E-state index is 12.2. The van der Waals surface area contributed by atoms with E-state index >= 15 is 0 Å². The fraction of sp³-hybridized carbons (Fsp3) is 0.857. The molecule has 6 heteroatoms. The van der Waals surface area contributed by atoms with Gasteiger partial charge >= 0.3 is 12.0 Å². The molecular weight excluding hydrogens is 258 g/mol. The first kappa shape index (κ1) is 15.1. The van der Waals surface area contributed by atoms with Crippen LogP contribution in [0.3, 0.4) is 0 Å². The molecule has 0 aromatic heterocycles. The van der Waals surface area contributed by atoms with Gasteiger partial charge in [0, 0.05) is 25.2 Å². The van der Waals surface area contributed by atoms with Crippen molar-refractivity contribution in [2.24, 2.45) is 0 Å². The standard InChI is InChI=1S/C14H25N3O3/c1-10(16(3)11-5-6-11)9-15-13(20)17-8-4-7-14(17,2)12(18)19/h10-11H,4-9H2,1-3H3,(H,15,20)(H,18,19). The van der Waals surface area contributed by atoms with Crippen molar-refractivity contribution < 1.29 is 14.7 Å². The van der Waals surface area contributed by atoms with Crippen LogP contribution in [0, 0.1) is 0 Å². The molecule has 1 saturated carbocycles. The van der Waals surface area contributed by atoms with Crippen LogP contribution < -0.4 is 5.32 Å². The molecule has 2 fully saturated rings. The Morgan fingerprint density at radius 3 is 2.70 bits per heavy atom. The first-order valence-electron chi connectivity index (χ1n) is 7.37. The van der Waals surface area contributed by atoms with E-state index in [0.29, 0.717) is 25.6 Å². The third-order valence-corrected chi connectivity index (χ3v) is 4.71. The van der Waals surface area contributed by atoms with Crippen molar-refractivity contribution in [1.82, 2.24) is 15.1 Å². The molecule has 1 heterocycles. The molecule has 0 bridgehead atoms. The summed E-state index contributed by atoms with van der Waals surface area (Å²) in [5.74, 6) is -0.923. The Hall–Kier alpha value is -1.30. The minimum atomic E-state index is -1.06. The summed E-state index contributed by atoms with van der Waals surface area (Å²) >= 11 is 0. The largest absolute Gasteiger partial charge is 0.480 e. The summed E-state index contributed by atoms with van der Waals surface area (Å²) in [5, 5.41) is 12.2. The van der Waals surface area contributed by atoms with E-state index in [9.17, 15) is 14.7 Å². The number of carboxylic acid groups (broad SMARTS) is 1. The number of likely N-dealkylation sites (N-methyl/N-ethyl adjacent to an activating group) is 1. The minimum Gasteiger partial charge on any atom is -0.480 e. The Kier molecular flexibility index (Phi) is 4.22. The van der Waals surface area contributed by atoms with Crippen LogP contribution in [0.2, 0.25) is 0 Å². The highest BCUT2D eigenvalue weighted by molar-refractivity contribution is 5.86. The number of carbonyl (C=O) groups excluding carboxylic acids is 1. The van der Waals surface area contributed by atoms with Crippen molar-refractivity contribution >= 4 is 12.0 Å². The monoisotopic (exact) mass is 283 g/mol. The van der Waals surface area contributed by atoms with E-state index in [4.69, 9.17) is 0 Å². The number of carboxylic acids is 1. The number of aliphatic carboxylic acids is 1. The molecule has 20 heavy (non-hydrogen) atoms. The van der Waals surface area contributed by atoms with Crippen LogP contribution in [0.1, 0.15) is 39.5 Å². The van der Waals surface area contributed by atoms with Crippen LogP contribution in [-0.4, -0.2) is 64.7 Å². The average Bonchev–Trinajstić information content (AvgIpc) is 3.17. The SMILES string of the molecule is CC(CNC(=O)N1CCCC1(C)C(=O)O)N(C)C1CC1. The van der Waals surface area contributed by atoms with Gasteiger partial charge in [0.2, 0.25) is 0 Å². The number of hydrogen-bond donors (Lipinski definition) is 2. The van der Waals surface area contributed by atoms with Gasteiger partial charge in [-0.3, -0.25) is 4.90 Å². The summed E-state index contributed by atoms with van der Waals surface area (Å²) in [6.45, 7) is 4.78. The van der Waals surface area contributed by atoms with Crippen LogP contribution in [0.25, 0.3) is 0 Å². The molecule has 2 unspecified atom stereocenters. The Balaban J connectivity index is 1.86. The summed E-state index contributed by atoms with van der Waals surface area (Å²) in [4.78, 5) is 27.3. The highest BCUT2D eigenvalue weighted by atomic mass is 16.4. The summed E-state index contributed by atoms with van der Waals surface area (Å²) in [6, 6.07) is 0.659. The van der Waals surface area contributed by atoms with Gasteiger partial charge in [-0.05, 0) is 46.6 Å². The highest BCUT2D eigenvalue weighted by Gasteiger charge is 2.46. The lowest BCUT2D eigenvalue weighted by atomic mass is 10.00. The van der Waals surface area contributed by atoms with Crippen molar-refractivity contribution in [2.45, 2.75) is 57.2 Å². The topological polar surface area (TPSA) is 72.9 Å². The van der Waals surface area contributed by atoms with Crippen molar-refractivity contribution in [3.8, 4) is 0 Å². The molecule has 0 radical (unpaired) electrons. The van der Waals surface area contributed by atoms with E-state index in [2.05, 4.69) is 24.2 Å². The first-order chi connectivity index (χ1) is 9.36. The second-order valence-corrected chi connectivity index (χ2v) is 6.27. The fourth-order valence-corrected chi connectivity index (χ4v) is 2.83. The number of amides is 2. The molecule has 0 aromatic rings. The van der Waals surface area contributed by atoms with Crippen LogP contribution in [-0.2, 0) is 4.79 Å². The number of nitrogens with one attached hydrogen (secondary N) is 1. The maximum Gasteiger partial charge on any atom is 0.329 e. The zero-order valence-corrected chi connectivity index (χ0v) is 12.6. The molecule has 0 spiro atoms. The maximum atomic E-state index is 12.2. The summed E-state index contributed by atoms with van der Waals surface area (Å²) < 4.78 is 0. The first-order valence-corrected chi connectivity index (χ1v) is 7.37. The lowest BCUT2D eigenvalue weighted by molar-refractivity contribution is -0.147. The number of carbonyl (C=O) groups is 2. The van der Waals surface area contributed by atoms with Crippen LogP contribution in [0.5, 0.6) is 0 Å². The van der Waals surface area contributed by atoms with Gasteiger partial charge in [0.15, 0.2) is 0 Å². The summed E-state index contributed by atoms with van der Waals surface area (Å²) in [7, 11) is 2.08. The third kappa shape index (κ3) is 2.90. The smallest absolute Gasteiger partial charge is 0.329 e. The van der Waals surface area contributed by atoms with Gasteiger partial charge in [-0.2, -0.15) is 0 Å². The molecule has 114 valence electrons. The third-order valence-electron chi connectivity index (χ3n) is 4.71. The van der Waals surface area contributed by atoms with Gasteiger partial charge in [0.1, 0.15) is 5.54 Å². The molecule has 1 saturated heterocycles. The van der Waals surface area contributed by atoms with Crippen LogP contribution in [0.4, 0.5) is 4.79 Å². The van der Waals surface area contributed by atoms with Crippen LogP contribution in [0.15, 0.2) is 0 Å². The Bertz CT molecular complexity index is 397. The van der Waals surface area contributed by atoms with Gasteiger partial charge in [-0.1, -0.05) is 0 Å². The van der Waals surface area contributed by atoms with Crippen molar-refractivity contribution in [1.29, 1.82) is 0 Å². The second kappa shape index (κ2) is 5.60. The van der Waals surface area contributed by atoms with Gasteiger partial charge in [0.05, 0.1) is 0 Å². The van der Waals surface area contributed by atoms with E-state index in [-0.39, 0.29) is 12.1 Å².